The van der Waals surface area contributed by atoms with Crippen LogP contribution in [0.15, 0.2) is 24.3 Å². The highest BCUT2D eigenvalue weighted by Crippen LogP contribution is 2.15. The molecule has 0 aromatic heterocycles. The lowest BCUT2D eigenvalue weighted by Gasteiger charge is -2.22. The summed E-state index contributed by atoms with van der Waals surface area (Å²) in [5.41, 5.74) is 1.44. The van der Waals surface area contributed by atoms with Crippen LogP contribution in [0.2, 0.25) is 0 Å². The lowest BCUT2D eigenvalue weighted by atomic mass is 10.1. The summed E-state index contributed by atoms with van der Waals surface area (Å²) in [6.07, 6.45) is 1.62. The summed E-state index contributed by atoms with van der Waals surface area (Å²) in [6.45, 7) is 5.50. The van der Waals surface area contributed by atoms with Crippen molar-refractivity contribution in [2.75, 3.05) is 20.3 Å². The molecule has 2 rings (SSSR count). The molecule has 138 valence electrons. The van der Waals surface area contributed by atoms with Gasteiger partial charge in [-0.15, -0.1) is 0 Å². The molecule has 0 aliphatic carbocycles. The number of carbonyl (C=O) groups is 2. The Labute approximate surface area is 149 Å². The van der Waals surface area contributed by atoms with Crippen molar-refractivity contribution in [3.05, 3.63) is 35.4 Å². The fraction of sp³-hybridized carbons (Fsp3) is 0.579. The Bertz CT molecular complexity index is 583. The normalized spacial score (nSPS) is 18.2. The summed E-state index contributed by atoms with van der Waals surface area (Å²) in [6, 6.07) is 7.20. The molecule has 1 aromatic carbocycles. The molecule has 6 heteroatoms. The van der Waals surface area contributed by atoms with Gasteiger partial charge in [0.05, 0.1) is 12.7 Å². The van der Waals surface area contributed by atoms with Gasteiger partial charge in [-0.1, -0.05) is 26.0 Å². The smallest absolute Gasteiger partial charge is 0.251 e. The highest BCUT2D eigenvalue weighted by Gasteiger charge is 2.25. The van der Waals surface area contributed by atoms with Gasteiger partial charge in [-0.25, -0.2) is 0 Å². The summed E-state index contributed by atoms with van der Waals surface area (Å²) in [4.78, 5) is 24.2. The highest BCUT2D eigenvalue weighted by molar-refractivity contribution is 5.94. The molecule has 1 aliphatic heterocycles. The topological polar surface area (TPSA) is 76.7 Å². The van der Waals surface area contributed by atoms with E-state index in [2.05, 4.69) is 10.6 Å². The number of hydrogen-bond donors (Lipinski definition) is 2. The molecule has 2 amide bonds. The van der Waals surface area contributed by atoms with Gasteiger partial charge in [0.1, 0.15) is 6.10 Å². The van der Waals surface area contributed by atoms with Gasteiger partial charge in [0.15, 0.2) is 0 Å². The van der Waals surface area contributed by atoms with Gasteiger partial charge < -0.3 is 20.1 Å². The number of carbonyl (C=O) groups excluding carboxylic acids is 2. The standard InChI is InChI=1S/C19H28N2O4/c1-13(2)17(25-12-16-8-5-9-24-16)19(23)21-11-14-6-4-7-15(10-14)18(22)20-3/h4,6-7,10,13,16-17H,5,8-9,11-12H2,1-3H3,(H,20,22)(H,21,23)/t16-,17+/m0/s1. The summed E-state index contributed by atoms with van der Waals surface area (Å²) in [5.74, 6) is -0.218. The molecular weight excluding hydrogens is 320 g/mol. The maximum Gasteiger partial charge on any atom is 0.251 e. The average Bonchev–Trinajstić information content (AvgIpc) is 3.13. The van der Waals surface area contributed by atoms with E-state index < -0.39 is 6.10 Å². The second kappa shape index (κ2) is 9.53. The van der Waals surface area contributed by atoms with Crippen LogP contribution in [-0.4, -0.2) is 44.3 Å². The highest BCUT2D eigenvalue weighted by atomic mass is 16.5. The van der Waals surface area contributed by atoms with E-state index in [-0.39, 0.29) is 23.8 Å². The zero-order valence-corrected chi connectivity index (χ0v) is 15.2. The van der Waals surface area contributed by atoms with E-state index in [1.807, 2.05) is 19.9 Å². The van der Waals surface area contributed by atoms with Gasteiger partial charge in [-0.3, -0.25) is 9.59 Å². The molecule has 1 fully saturated rings. The van der Waals surface area contributed by atoms with Crippen molar-refractivity contribution in [2.45, 2.75) is 45.4 Å². The Balaban J connectivity index is 1.88. The summed E-state index contributed by atoms with van der Waals surface area (Å²) in [7, 11) is 1.59. The van der Waals surface area contributed by atoms with Gasteiger partial charge in [0, 0.05) is 25.8 Å². The zero-order valence-electron chi connectivity index (χ0n) is 15.2. The van der Waals surface area contributed by atoms with Gasteiger partial charge in [-0.05, 0) is 36.5 Å². The van der Waals surface area contributed by atoms with Crippen LogP contribution in [-0.2, 0) is 20.8 Å². The number of benzene rings is 1. The maximum atomic E-state index is 12.5. The van der Waals surface area contributed by atoms with Crippen LogP contribution in [0.3, 0.4) is 0 Å². The molecule has 1 heterocycles. The SMILES string of the molecule is CNC(=O)c1cccc(CNC(=O)[C@H](OC[C@@H]2CCCO2)C(C)C)c1. The second-order valence-electron chi connectivity index (χ2n) is 6.63. The van der Waals surface area contributed by atoms with Crippen molar-refractivity contribution in [2.24, 2.45) is 5.92 Å². The quantitative estimate of drug-likeness (QED) is 0.752. The first-order valence-corrected chi connectivity index (χ1v) is 8.83. The summed E-state index contributed by atoms with van der Waals surface area (Å²) in [5, 5.41) is 5.50. The minimum absolute atomic E-state index is 0.0682. The lowest BCUT2D eigenvalue weighted by Crippen LogP contribution is -2.40. The van der Waals surface area contributed by atoms with Crippen LogP contribution >= 0.6 is 0 Å². The third-order valence-electron chi connectivity index (χ3n) is 4.23. The molecule has 0 unspecified atom stereocenters. The molecule has 0 spiro atoms. The number of rotatable bonds is 8. The Kier molecular flexibility index (Phi) is 7.40. The molecule has 0 radical (unpaired) electrons. The van der Waals surface area contributed by atoms with Gasteiger partial charge >= 0.3 is 0 Å². The number of amides is 2. The molecule has 2 atom stereocenters. The van der Waals surface area contributed by atoms with E-state index in [1.165, 1.54) is 0 Å². The van der Waals surface area contributed by atoms with Crippen LogP contribution in [0, 0.1) is 5.92 Å². The number of ether oxygens (including phenoxy) is 2. The Hall–Kier alpha value is -1.92. The minimum atomic E-state index is -0.508. The van der Waals surface area contributed by atoms with Crippen LogP contribution in [0.5, 0.6) is 0 Å². The Morgan fingerprint density at radius 1 is 1.36 bits per heavy atom. The van der Waals surface area contributed by atoms with Crippen molar-refractivity contribution in [3.63, 3.8) is 0 Å². The molecule has 1 aromatic rings. The largest absolute Gasteiger partial charge is 0.376 e. The van der Waals surface area contributed by atoms with Crippen molar-refractivity contribution < 1.29 is 19.1 Å². The van der Waals surface area contributed by atoms with E-state index >= 15 is 0 Å². The molecule has 0 saturated carbocycles. The minimum Gasteiger partial charge on any atom is -0.376 e. The average molecular weight is 348 g/mol. The van der Waals surface area contributed by atoms with Gasteiger partial charge in [-0.2, -0.15) is 0 Å². The molecule has 1 saturated heterocycles. The summed E-state index contributed by atoms with van der Waals surface area (Å²) < 4.78 is 11.4. The lowest BCUT2D eigenvalue weighted by molar-refractivity contribution is -0.138. The first kappa shape index (κ1) is 19.4. The van der Waals surface area contributed by atoms with E-state index in [9.17, 15) is 9.59 Å². The van der Waals surface area contributed by atoms with Crippen LogP contribution < -0.4 is 10.6 Å². The zero-order chi connectivity index (χ0) is 18.2. The summed E-state index contributed by atoms with van der Waals surface area (Å²) >= 11 is 0. The van der Waals surface area contributed by atoms with Crippen LogP contribution in [0.1, 0.15) is 42.6 Å². The van der Waals surface area contributed by atoms with Gasteiger partial charge in [0.2, 0.25) is 5.91 Å². The van der Waals surface area contributed by atoms with E-state index in [1.54, 1.807) is 25.2 Å². The first-order chi connectivity index (χ1) is 12.0. The van der Waals surface area contributed by atoms with Crippen molar-refractivity contribution in [1.82, 2.24) is 10.6 Å². The third-order valence-corrected chi connectivity index (χ3v) is 4.23. The van der Waals surface area contributed by atoms with Crippen LogP contribution in [0.25, 0.3) is 0 Å². The number of hydrogen-bond acceptors (Lipinski definition) is 4. The second-order valence-corrected chi connectivity index (χ2v) is 6.63. The van der Waals surface area contributed by atoms with Crippen molar-refractivity contribution >= 4 is 11.8 Å². The monoisotopic (exact) mass is 348 g/mol. The van der Waals surface area contributed by atoms with Crippen molar-refractivity contribution in [3.8, 4) is 0 Å². The molecule has 0 bridgehead atoms. The fourth-order valence-corrected chi connectivity index (χ4v) is 2.81. The molecular formula is C19H28N2O4. The molecule has 1 aliphatic rings. The Morgan fingerprint density at radius 3 is 2.80 bits per heavy atom. The Morgan fingerprint density at radius 2 is 2.16 bits per heavy atom. The predicted octanol–water partition coefficient (Wildman–Crippen LogP) is 1.88. The molecule has 25 heavy (non-hydrogen) atoms. The van der Waals surface area contributed by atoms with E-state index in [4.69, 9.17) is 9.47 Å². The predicted molar refractivity (Wildman–Crippen MR) is 95.2 cm³/mol. The van der Waals surface area contributed by atoms with Gasteiger partial charge in [0.25, 0.3) is 5.91 Å². The van der Waals surface area contributed by atoms with E-state index in [0.717, 1.165) is 25.0 Å². The molecule has 6 nitrogen and oxygen atoms in total. The number of nitrogens with one attached hydrogen (secondary N) is 2. The fourth-order valence-electron chi connectivity index (χ4n) is 2.81. The van der Waals surface area contributed by atoms with E-state index in [0.29, 0.717) is 18.7 Å². The van der Waals surface area contributed by atoms with Crippen LogP contribution in [0.4, 0.5) is 0 Å². The third kappa shape index (κ3) is 5.83. The van der Waals surface area contributed by atoms with Crippen molar-refractivity contribution in [1.29, 1.82) is 0 Å². The maximum absolute atomic E-state index is 12.5. The molecule has 2 N–H and O–H groups in total. The first-order valence-electron chi connectivity index (χ1n) is 8.83.